The van der Waals surface area contributed by atoms with Gasteiger partial charge in [-0.3, -0.25) is 0 Å². The molecule has 2 fully saturated rings. The third-order valence-electron chi connectivity index (χ3n) is 4.86. The number of nitrogens with zero attached hydrogens (tertiary/aromatic N) is 2. The molecule has 2 aliphatic rings. The number of imidazole rings is 1. The number of aromatic nitrogens is 2. The maximum atomic E-state index is 5.38. The van der Waals surface area contributed by atoms with Gasteiger partial charge in [-0.25, -0.2) is 4.98 Å². The molecule has 112 valence electrons. The van der Waals surface area contributed by atoms with Crippen molar-refractivity contribution >= 4 is 5.95 Å². The Kier molecular flexibility index (Phi) is 4.29. The lowest BCUT2D eigenvalue weighted by Gasteiger charge is -2.25. The predicted molar refractivity (Wildman–Crippen MR) is 81.0 cm³/mol. The molecule has 1 aromatic heterocycles. The fraction of sp³-hybridized carbons (Fsp3) is 0.812. The summed E-state index contributed by atoms with van der Waals surface area (Å²) in [6.45, 7) is 6.71. The molecule has 0 saturated heterocycles. The first-order chi connectivity index (χ1) is 9.78. The van der Waals surface area contributed by atoms with Crippen molar-refractivity contribution in [3.05, 3.63) is 11.9 Å². The van der Waals surface area contributed by atoms with E-state index in [1.165, 1.54) is 25.7 Å². The molecular formula is C16H27N3O. The second-order valence-corrected chi connectivity index (χ2v) is 6.33. The summed E-state index contributed by atoms with van der Waals surface area (Å²) in [6.07, 6.45) is 8.93. The Bertz CT molecular complexity index is 443. The number of aryl methyl sites for hydroxylation is 1. The zero-order chi connectivity index (χ0) is 13.9. The molecule has 0 radical (unpaired) electrons. The van der Waals surface area contributed by atoms with E-state index < -0.39 is 0 Å². The van der Waals surface area contributed by atoms with Crippen molar-refractivity contribution in [3.8, 4) is 0 Å². The van der Waals surface area contributed by atoms with Gasteiger partial charge in [0, 0.05) is 32.0 Å². The summed E-state index contributed by atoms with van der Waals surface area (Å²) in [4.78, 5) is 4.67. The minimum absolute atomic E-state index is 0.685. The third-order valence-corrected chi connectivity index (χ3v) is 4.86. The molecule has 4 heteroatoms. The molecule has 2 saturated carbocycles. The van der Waals surface area contributed by atoms with Crippen LogP contribution in [0.25, 0.3) is 0 Å². The molecule has 2 aliphatic carbocycles. The standard InChI is InChI=1S/C16H27N3O/c1-3-20-8-4-7-17-16-18-12(2)11-19(16)15-10-13-5-6-14(15)9-13/h11,13-15H,3-10H2,1-2H3,(H,17,18). The molecule has 4 nitrogen and oxygen atoms in total. The van der Waals surface area contributed by atoms with Gasteiger partial charge in [-0.1, -0.05) is 6.42 Å². The first kappa shape index (κ1) is 13.9. The van der Waals surface area contributed by atoms with Crippen LogP contribution in [0.4, 0.5) is 5.95 Å². The average Bonchev–Trinajstić information content (AvgIpc) is 3.13. The minimum atomic E-state index is 0.685. The molecule has 3 atom stereocenters. The normalized spacial score (nSPS) is 28.2. The summed E-state index contributed by atoms with van der Waals surface area (Å²) in [5.74, 6) is 2.92. The molecular weight excluding hydrogens is 250 g/mol. The molecule has 3 unspecified atom stereocenters. The lowest BCUT2D eigenvalue weighted by atomic mass is 9.95. The number of nitrogens with one attached hydrogen (secondary N) is 1. The number of rotatable bonds is 7. The lowest BCUT2D eigenvalue weighted by Crippen LogP contribution is -2.19. The van der Waals surface area contributed by atoms with Crippen LogP contribution in [0.2, 0.25) is 0 Å². The maximum Gasteiger partial charge on any atom is 0.203 e. The number of ether oxygens (including phenoxy) is 1. The SMILES string of the molecule is CCOCCCNc1nc(C)cn1C1CC2CCC1C2. The smallest absolute Gasteiger partial charge is 0.203 e. The van der Waals surface area contributed by atoms with Crippen LogP contribution in [0.3, 0.4) is 0 Å². The summed E-state index contributed by atoms with van der Waals surface area (Å²) in [5.41, 5.74) is 1.13. The molecule has 0 aromatic carbocycles. The van der Waals surface area contributed by atoms with Gasteiger partial charge in [-0.15, -0.1) is 0 Å². The van der Waals surface area contributed by atoms with Crippen molar-refractivity contribution in [3.63, 3.8) is 0 Å². The molecule has 0 aliphatic heterocycles. The third kappa shape index (κ3) is 2.85. The van der Waals surface area contributed by atoms with Gasteiger partial charge < -0.3 is 14.6 Å². The van der Waals surface area contributed by atoms with E-state index in [-0.39, 0.29) is 0 Å². The van der Waals surface area contributed by atoms with Crippen molar-refractivity contribution in [2.75, 3.05) is 25.1 Å². The largest absolute Gasteiger partial charge is 0.382 e. The van der Waals surface area contributed by atoms with Crippen LogP contribution < -0.4 is 5.32 Å². The summed E-state index contributed by atoms with van der Waals surface area (Å²) >= 11 is 0. The Morgan fingerprint density at radius 2 is 2.30 bits per heavy atom. The van der Waals surface area contributed by atoms with Crippen molar-refractivity contribution in [2.45, 2.75) is 52.0 Å². The highest BCUT2D eigenvalue weighted by Crippen LogP contribution is 2.51. The molecule has 1 aromatic rings. The number of hydrogen-bond donors (Lipinski definition) is 1. The molecule has 1 heterocycles. The van der Waals surface area contributed by atoms with Crippen LogP contribution in [-0.4, -0.2) is 29.3 Å². The minimum Gasteiger partial charge on any atom is -0.382 e. The monoisotopic (exact) mass is 277 g/mol. The summed E-state index contributed by atoms with van der Waals surface area (Å²) < 4.78 is 7.80. The zero-order valence-corrected chi connectivity index (χ0v) is 12.8. The highest BCUT2D eigenvalue weighted by atomic mass is 16.5. The van der Waals surface area contributed by atoms with Gasteiger partial charge >= 0.3 is 0 Å². The van der Waals surface area contributed by atoms with Crippen LogP contribution in [0.15, 0.2) is 6.20 Å². The van der Waals surface area contributed by atoms with Gasteiger partial charge in [-0.2, -0.15) is 0 Å². The van der Waals surface area contributed by atoms with Gasteiger partial charge in [0.1, 0.15) is 0 Å². The fourth-order valence-electron chi connectivity index (χ4n) is 3.97. The Balaban J connectivity index is 1.60. The predicted octanol–water partition coefficient (Wildman–Crippen LogP) is 3.39. The Morgan fingerprint density at radius 3 is 3.00 bits per heavy atom. The van der Waals surface area contributed by atoms with E-state index in [9.17, 15) is 0 Å². The molecule has 0 amide bonds. The van der Waals surface area contributed by atoms with Gasteiger partial charge in [0.15, 0.2) is 0 Å². The van der Waals surface area contributed by atoms with Gasteiger partial charge in [0.25, 0.3) is 0 Å². The second kappa shape index (κ2) is 6.17. The highest BCUT2D eigenvalue weighted by molar-refractivity contribution is 5.30. The summed E-state index contributed by atoms with van der Waals surface area (Å²) in [6, 6.07) is 0.685. The molecule has 2 bridgehead atoms. The Hall–Kier alpha value is -1.03. The topological polar surface area (TPSA) is 39.1 Å². The van der Waals surface area contributed by atoms with Crippen LogP contribution in [-0.2, 0) is 4.74 Å². The highest BCUT2D eigenvalue weighted by Gasteiger charge is 2.41. The number of hydrogen-bond acceptors (Lipinski definition) is 3. The van der Waals surface area contributed by atoms with Crippen molar-refractivity contribution in [1.82, 2.24) is 9.55 Å². The van der Waals surface area contributed by atoms with Crippen molar-refractivity contribution < 1.29 is 4.74 Å². The van der Waals surface area contributed by atoms with E-state index in [1.54, 1.807) is 0 Å². The quantitative estimate of drug-likeness (QED) is 0.776. The summed E-state index contributed by atoms with van der Waals surface area (Å²) in [5, 5.41) is 3.50. The second-order valence-electron chi connectivity index (χ2n) is 6.33. The van der Waals surface area contributed by atoms with E-state index >= 15 is 0 Å². The maximum absolute atomic E-state index is 5.38. The average molecular weight is 277 g/mol. The van der Waals surface area contributed by atoms with E-state index in [4.69, 9.17) is 4.74 Å². The zero-order valence-electron chi connectivity index (χ0n) is 12.8. The van der Waals surface area contributed by atoms with E-state index in [0.29, 0.717) is 6.04 Å². The van der Waals surface area contributed by atoms with Crippen LogP contribution in [0.5, 0.6) is 0 Å². The Labute approximate surface area is 121 Å². The van der Waals surface area contributed by atoms with Gasteiger partial charge in [0.2, 0.25) is 5.95 Å². The van der Waals surface area contributed by atoms with Crippen LogP contribution in [0.1, 0.15) is 50.8 Å². The van der Waals surface area contributed by atoms with Crippen molar-refractivity contribution in [1.29, 1.82) is 0 Å². The van der Waals surface area contributed by atoms with Crippen molar-refractivity contribution in [2.24, 2.45) is 11.8 Å². The van der Waals surface area contributed by atoms with Gasteiger partial charge in [0.05, 0.1) is 5.69 Å². The molecule has 0 spiro atoms. The van der Waals surface area contributed by atoms with Crippen LogP contribution >= 0.6 is 0 Å². The fourth-order valence-corrected chi connectivity index (χ4v) is 3.97. The summed E-state index contributed by atoms with van der Waals surface area (Å²) in [7, 11) is 0. The van der Waals surface area contributed by atoms with E-state index in [2.05, 4.69) is 28.0 Å². The molecule has 3 rings (SSSR count). The lowest BCUT2D eigenvalue weighted by molar-refractivity contribution is 0.147. The first-order valence-electron chi connectivity index (χ1n) is 8.15. The van der Waals surface area contributed by atoms with E-state index in [0.717, 1.165) is 49.7 Å². The number of anilines is 1. The van der Waals surface area contributed by atoms with Crippen LogP contribution in [0, 0.1) is 18.8 Å². The molecule has 1 N–H and O–H groups in total. The van der Waals surface area contributed by atoms with E-state index in [1.807, 2.05) is 6.92 Å². The Morgan fingerprint density at radius 1 is 1.40 bits per heavy atom. The molecule has 20 heavy (non-hydrogen) atoms. The number of fused-ring (bicyclic) bond motifs is 2. The van der Waals surface area contributed by atoms with Gasteiger partial charge in [-0.05, 0) is 51.4 Å². The first-order valence-corrected chi connectivity index (χ1v) is 8.15.